The van der Waals surface area contributed by atoms with Gasteiger partial charge in [-0.25, -0.2) is 0 Å². The minimum atomic E-state index is 0.00788. The van der Waals surface area contributed by atoms with Crippen LogP contribution in [0.5, 0.6) is 0 Å². The van der Waals surface area contributed by atoms with Crippen LogP contribution in [-0.2, 0) is 4.79 Å². The summed E-state index contributed by atoms with van der Waals surface area (Å²) in [6, 6.07) is 7.78. The molecule has 0 saturated heterocycles. The number of anilines is 1. The van der Waals surface area contributed by atoms with E-state index in [1.54, 1.807) is 0 Å². The van der Waals surface area contributed by atoms with Crippen LogP contribution in [-0.4, -0.2) is 42.7 Å². The van der Waals surface area contributed by atoms with E-state index >= 15 is 0 Å². The van der Waals surface area contributed by atoms with E-state index in [0.717, 1.165) is 31.5 Å². The molecule has 0 bridgehead atoms. The Kier molecular flexibility index (Phi) is 7.15. The smallest absolute Gasteiger partial charge is 0.238 e. The zero-order valence-corrected chi connectivity index (χ0v) is 11.9. The van der Waals surface area contributed by atoms with E-state index in [9.17, 15) is 4.79 Å². The van der Waals surface area contributed by atoms with Crippen molar-refractivity contribution in [2.45, 2.75) is 26.2 Å². The molecule has 0 aliphatic heterocycles. The Morgan fingerprint density at radius 3 is 2.53 bits per heavy atom. The van der Waals surface area contributed by atoms with Crippen molar-refractivity contribution in [3.8, 4) is 0 Å². The maximum absolute atomic E-state index is 11.8. The summed E-state index contributed by atoms with van der Waals surface area (Å²) in [6.07, 6.45) is 2.85. The molecule has 0 atom stereocenters. The van der Waals surface area contributed by atoms with Crippen LogP contribution < -0.4 is 5.32 Å². The largest absolute Gasteiger partial charge is 0.396 e. The number of nitrogens with zero attached hydrogens (tertiary/aromatic N) is 1. The third kappa shape index (κ3) is 6.94. The molecule has 2 N–H and O–H groups in total. The molecule has 1 amide bonds. The lowest BCUT2D eigenvalue weighted by molar-refractivity contribution is -0.117. The maximum atomic E-state index is 11.8. The monoisotopic (exact) mass is 264 g/mol. The van der Waals surface area contributed by atoms with E-state index in [4.69, 9.17) is 5.11 Å². The number of likely N-dealkylation sites (N-methyl/N-ethyl adjacent to an activating group) is 1. The lowest BCUT2D eigenvalue weighted by atomic mass is 10.2. The number of aryl methyl sites for hydroxylation is 1. The Balaban J connectivity index is 2.24. The Morgan fingerprint density at radius 1 is 1.21 bits per heavy atom. The normalized spacial score (nSPS) is 10.7. The summed E-state index contributed by atoms with van der Waals surface area (Å²) in [5.41, 5.74) is 2.02. The minimum absolute atomic E-state index is 0.00788. The Hall–Kier alpha value is -1.39. The van der Waals surface area contributed by atoms with Crippen molar-refractivity contribution < 1.29 is 9.90 Å². The van der Waals surface area contributed by atoms with Gasteiger partial charge in [0.25, 0.3) is 0 Å². The number of aliphatic hydroxyl groups excluding tert-OH is 1. The molecule has 106 valence electrons. The van der Waals surface area contributed by atoms with Crippen molar-refractivity contribution in [3.05, 3.63) is 29.8 Å². The standard InChI is InChI=1S/C15H24N2O2/c1-13-6-8-14(9-7-13)16-15(19)12-17(2)10-4-3-5-11-18/h6-9,18H,3-5,10-12H2,1-2H3,(H,16,19). The van der Waals surface area contributed by atoms with Crippen LogP contribution in [0.4, 0.5) is 5.69 Å². The number of rotatable bonds is 8. The van der Waals surface area contributed by atoms with Gasteiger partial charge in [-0.15, -0.1) is 0 Å². The third-order valence-electron chi connectivity index (χ3n) is 2.95. The van der Waals surface area contributed by atoms with Crippen molar-refractivity contribution in [1.29, 1.82) is 0 Å². The highest BCUT2D eigenvalue weighted by Gasteiger charge is 2.06. The van der Waals surface area contributed by atoms with Gasteiger partial charge in [0, 0.05) is 12.3 Å². The van der Waals surface area contributed by atoms with Crippen LogP contribution in [0.1, 0.15) is 24.8 Å². The van der Waals surface area contributed by atoms with Gasteiger partial charge in [0.2, 0.25) is 5.91 Å². The van der Waals surface area contributed by atoms with Crippen molar-refractivity contribution >= 4 is 11.6 Å². The highest BCUT2D eigenvalue weighted by molar-refractivity contribution is 5.92. The first kappa shape index (κ1) is 15.7. The van der Waals surface area contributed by atoms with Crippen LogP contribution >= 0.6 is 0 Å². The number of unbranched alkanes of at least 4 members (excludes halogenated alkanes) is 2. The van der Waals surface area contributed by atoms with Gasteiger partial charge in [-0.05, 0) is 51.9 Å². The van der Waals surface area contributed by atoms with E-state index in [1.165, 1.54) is 5.56 Å². The van der Waals surface area contributed by atoms with Crippen LogP contribution in [0.25, 0.3) is 0 Å². The summed E-state index contributed by atoms with van der Waals surface area (Å²) in [5, 5.41) is 11.6. The van der Waals surface area contributed by atoms with Crippen molar-refractivity contribution in [2.24, 2.45) is 0 Å². The number of carbonyl (C=O) groups excluding carboxylic acids is 1. The van der Waals surface area contributed by atoms with Crippen molar-refractivity contribution in [3.63, 3.8) is 0 Å². The van der Waals surface area contributed by atoms with Gasteiger partial charge >= 0.3 is 0 Å². The molecule has 4 nitrogen and oxygen atoms in total. The maximum Gasteiger partial charge on any atom is 0.238 e. The van der Waals surface area contributed by atoms with Gasteiger partial charge in [0.15, 0.2) is 0 Å². The van der Waals surface area contributed by atoms with Crippen LogP contribution in [0.15, 0.2) is 24.3 Å². The van der Waals surface area contributed by atoms with Gasteiger partial charge in [0.1, 0.15) is 0 Å². The zero-order valence-electron chi connectivity index (χ0n) is 11.9. The quantitative estimate of drug-likeness (QED) is 0.706. The second kappa shape index (κ2) is 8.67. The Bertz CT molecular complexity index is 376. The molecule has 19 heavy (non-hydrogen) atoms. The third-order valence-corrected chi connectivity index (χ3v) is 2.95. The first-order valence-corrected chi connectivity index (χ1v) is 6.77. The van der Waals surface area contributed by atoms with E-state index in [-0.39, 0.29) is 12.5 Å². The molecule has 0 spiro atoms. The number of nitrogens with one attached hydrogen (secondary N) is 1. The number of amides is 1. The second-order valence-corrected chi connectivity index (χ2v) is 4.94. The molecule has 0 aliphatic rings. The SMILES string of the molecule is Cc1ccc(NC(=O)CN(C)CCCCCO)cc1. The van der Waals surface area contributed by atoms with Gasteiger partial charge in [0.05, 0.1) is 6.54 Å². The molecule has 0 heterocycles. The molecule has 0 aliphatic carbocycles. The van der Waals surface area contributed by atoms with Crippen LogP contribution in [0.2, 0.25) is 0 Å². The van der Waals surface area contributed by atoms with Gasteiger partial charge in [-0.2, -0.15) is 0 Å². The van der Waals surface area contributed by atoms with E-state index in [0.29, 0.717) is 6.54 Å². The highest BCUT2D eigenvalue weighted by Crippen LogP contribution is 2.08. The Labute approximate surface area is 115 Å². The lowest BCUT2D eigenvalue weighted by Gasteiger charge is -2.16. The fourth-order valence-electron chi connectivity index (χ4n) is 1.83. The molecule has 0 unspecified atom stereocenters. The van der Waals surface area contributed by atoms with E-state index in [2.05, 4.69) is 5.32 Å². The average Bonchev–Trinajstić information content (AvgIpc) is 2.37. The molecule has 0 fully saturated rings. The summed E-state index contributed by atoms with van der Waals surface area (Å²) in [4.78, 5) is 13.8. The topological polar surface area (TPSA) is 52.6 Å². The van der Waals surface area contributed by atoms with Crippen LogP contribution in [0.3, 0.4) is 0 Å². The van der Waals surface area contributed by atoms with E-state index < -0.39 is 0 Å². The van der Waals surface area contributed by atoms with Gasteiger partial charge in [-0.1, -0.05) is 17.7 Å². The van der Waals surface area contributed by atoms with Crippen molar-refractivity contribution in [2.75, 3.05) is 32.1 Å². The molecule has 0 radical (unpaired) electrons. The number of hydrogen-bond acceptors (Lipinski definition) is 3. The second-order valence-electron chi connectivity index (χ2n) is 4.94. The summed E-state index contributed by atoms with van der Waals surface area (Å²) in [6.45, 7) is 3.54. The molecule has 1 aromatic carbocycles. The van der Waals surface area contributed by atoms with Crippen molar-refractivity contribution in [1.82, 2.24) is 4.90 Å². The lowest BCUT2D eigenvalue weighted by Crippen LogP contribution is -2.30. The molecular weight excluding hydrogens is 240 g/mol. The summed E-state index contributed by atoms with van der Waals surface area (Å²) < 4.78 is 0. The predicted molar refractivity (Wildman–Crippen MR) is 78.2 cm³/mol. The fraction of sp³-hybridized carbons (Fsp3) is 0.533. The van der Waals surface area contributed by atoms with Gasteiger partial charge < -0.3 is 10.4 Å². The molecular formula is C15H24N2O2. The first-order chi connectivity index (χ1) is 9.11. The minimum Gasteiger partial charge on any atom is -0.396 e. The first-order valence-electron chi connectivity index (χ1n) is 6.77. The average molecular weight is 264 g/mol. The summed E-state index contributed by atoms with van der Waals surface area (Å²) >= 11 is 0. The predicted octanol–water partition coefficient (Wildman–Crippen LogP) is 2.03. The number of hydrogen-bond donors (Lipinski definition) is 2. The molecule has 4 heteroatoms. The number of benzene rings is 1. The summed E-state index contributed by atoms with van der Waals surface area (Å²) in [7, 11) is 1.94. The molecule has 0 saturated carbocycles. The molecule has 1 aromatic rings. The molecule has 1 rings (SSSR count). The van der Waals surface area contributed by atoms with E-state index in [1.807, 2.05) is 43.1 Å². The zero-order chi connectivity index (χ0) is 14.1. The van der Waals surface area contributed by atoms with Crippen LogP contribution in [0, 0.1) is 6.92 Å². The number of carbonyl (C=O) groups is 1. The Morgan fingerprint density at radius 2 is 1.89 bits per heavy atom. The highest BCUT2D eigenvalue weighted by atomic mass is 16.2. The van der Waals surface area contributed by atoms with Gasteiger partial charge in [-0.3, -0.25) is 9.69 Å². The fourth-order valence-corrected chi connectivity index (χ4v) is 1.83. The number of aliphatic hydroxyl groups is 1. The molecule has 0 aromatic heterocycles. The summed E-state index contributed by atoms with van der Waals surface area (Å²) in [5.74, 6) is 0.00788.